The average molecular weight is 377 g/mol. The largest absolute Gasteiger partial charge is 0.399 e. The first kappa shape index (κ1) is 15.7. The van der Waals surface area contributed by atoms with Crippen molar-refractivity contribution in [3.8, 4) is 0 Å². The molecule has 2 rings (SSSR count). The third-order valence-corrected chi connectivity index (χ3v) is 4.94. The minimum Gasteiger partial charge on any atom is -0.399 e. The fraction of sp³-hybridized carbons (Fsp3) is 0.0769. The van der Waals surface area contributed by atoms with Crippen molar-refractivity contribution in [3.05, 3.63) is 52.0 Å². The summed E-state index contributed by atoms with van der Waals surface area (Å²) in [6, 6.07) is 6.15. The van der Waals surface area contributed by atoms with Crippen LogP contribution >= 0.6 is 15.9 Å². The Bertz CT molecular complexity index is 790. The summed E-state index contributed by atoms with van der Waals surface area (Å²) in [5.41, 5.74) is 5.08. The summed E-state index contributed by atoms with van der Waals surface area (Å²) in [5, 5.41) is 0. The molecule has 3 N–H and O–H groups in total. The fourth-order valence-corrected chi connectivity index (χ4v) is 3.69. The zero-order valence-corrected chi connectivity index (χ0v) is 13.2. The Kier molecular flexibility index (Phi) is 4.20. The summed E-state index contributed by atoms with van der Waals surface area (Å²) in [5.74, 6) is -1.50. The molecule has 2 aromatic carbocycles. The first-order valence-corrected chi connectivity index (χ1v) is 8.02. The van der Waals surface area contributed by atoms with Crippen molar-refractivity contribution in [2.75, 3.05) is 10.5 Å². The fourth-order valence-electron chi connectivity index (χ4n) is 1.74. The molecule has 0 aromatic heterocycles. The minimum absolute atomic E-state index is 0.0360. The summed E-state index contributed by atoms with van der Waals surface area (Å²) >= 11 is 3.05. The predicted molar refractivity (Wildman–Crippen MR) is 80.5 cm³/mol. The van der Waals surface area contributed by atoms with Gasteiger partial charge in [-0.3, -0.25) is 4.72 Å². The molecule has 21 heavy (non-hydrogen) atoms. The molecule has 0 aliphatic rings. The number of anilines is 2. The number of hydrogen-bond donors (Lipinski definition) is 2. The molecule has 4 nitrogen and oxygen atoms in total. The molecule has 0 aliphatic carbocycles. The molecule has 0 aliphatic heterocycles. The first-order valence-electron chi connectivity index (χ1n) is 5.75. The number of rotatable bonds is 3. The Hall–Kier alpha value is -1.67. The Labute approximate surface area is 129 Å². The highest BCUT2D eigenvalue weighted by atomic mass is 79.9. The van der Waals surface area contributed by atoms with Crippen molar-refractivity contribution in [2.45, 2.75) is 11.8 Å². The van der Waals surface area contributed by atoms with E-state index in [1.807, 2.05) is 0 Å². The molecular formula is C13H11BrF2N2O2S. The maximum absolute atomic E-state index is 13.7. The highest BCUT2D eigenvalue weighted by Gasteiger charge is 2.22. The van der Waals surface area contributed by atoms with Crippen LogP contribution in [0.3, 0.4) is 0 Å². The van der Waals surface area contributed by atoms with Gasteiger partial charge in [0.05, 0.1) is 10.6 Å². The predicted octanol–water partition coefficient (Wildman–Crippen LogP) is 3.42. The molecule has 0 amide bonds. The standard InChI is InChI=1S/C13H11BrF2N2O2S/c1-7-11(16)5-8(17)6-12(7)21(19,20)18-13-9(14)3-2-4-10(13)15/h2-6,18H,17H2,1H3. The van der Waals surface area contributed by atoms with E-state index in [0.29, 0.717) is 0 Å². The lowest BCUT2D eigenvalue weighted by Gasteiger charge is -2.13. The number of sulfonamides is 1. The molecule has 2 aromatic rings. The number of para-hydroxylation sites is 1. The van der Waals surface area contributed by atoms with Gasteiger partial charge in [-0.25, -0.2) is 17.2 Å². The van der Waals surface area contributed by atoms with Crippen LogP contribution in [0.2, 0.25) is 0 Å². The van der Waals surface area contributed by atoms with Crippen LogP contribution in [0.5, 0.6) is 0 Å². The van der Waals surface area contributed by atoms with E-state index in [0.717, 1.165) is 18.2 Å². The van der Waals surface area contributed by atoms with Gasteiger partial charge in [0.2, 0.25) is 0 Å². The van der Waals surface area contributed by atoms with E-state index < -0.39 is 21.7 Å². The van der Waals surface area contributed by atoms with Crippen LogP contribution in [0.25, 0.3) is 0 Å². The van der Waals surface area contributed by atoms with Gasteiger partial charge < -0.3 is 5.73 Å². The maximum atomic E-state index is 13.7. The van der Waals surface area contributed by atoms with E-state index in [1.54, 1.807) is 0 Å². The van der Waals surface area contributed by atoms with Crippen LogP contribution in [0.4, 0.5) is 20.2 Å². The normalized spacial score (nSPS) is 11.4. The molecule has 0 radical (unpaired) electrons. The van der Waals surface area contributed by atoms with Gasteiger partial charge in [0.15, 0.2) is 0 Å². The molecule has 8 heteroatoms. The van der Waals surface area contributed by atoms with Crippen molar-refractivity contribution in [1.82, 2.24) is 0 Å². The van der Waals surface area contributed by atoms with Gasteiger partial charge in [-0.15, -0.1) is 0 Å². The molecule has 0 saturated carbocycles. The Balaban J connectivity index is 2.54. The number of benzene rings is 2. The second-order valence-corrected chi connectivity index (χ2v) is 6.83. The lowest BCUT2D eigenvalue weighted by atomic mass is 10.2. The van der Waals surface area contributed by atoms with E-state index in [-0.39, 0.29) is 26.3 Å². The molecule has 0 spiro atoms. The van der Waals surface area contributed by atoms with Crippen LogP contribution in [0.15, 0.2) is 39.7 Å². The van der Waals surface area contributed by atoms with E-state index in [1.165, 1.54) is 19.1 Å². The lowest BCUT2D eigenvalue weighted by molar-refractivity contribution is 0.589. The van der Waals surface area contributed by atoms with Gasteiger partial charge in [-0.1, -0.05) is 6.07 Å². The van der Waals surface area contributed by atoms with Crippen LogP contribution in [-0.4, -0.2) is 8.42 Å². The van der Waals surface area contributed by atoms with Crippen molar-refractivity contribution in [2.24, 2.45) is 0 Å². The first-order chi connectivity index (χ1) is 9.72. The molecular weight excluding hydrogens is 366 g/mol. The SMILES string of the molecule is Cc1c(F)cc(N)cc1S(=O)(=O)Nc1c(F)cccc1Br. The molecule has 0 heterocycles. The third-order valence-electron chi connectivity index (χ3n) is 2.81. The Morgan fingerprint density at radius 2 is 1.86 bits per heavy atom. The second-order valence-electron chi connectivity index (χ2n) is 4.33. The molecule has 0 saturated heterocycles. The summed E-state index contributed by atoms with van der Waals surface area (Å²) in [6.07, 6.45) is 0. The van der Waals surface area contributed by atoms with E-state index in [4.69, 9.17) is 5.73 Å². The van der Waals surface area contributed by atoms with E-state index in [2.05, 4.69) is 20.7 Å². The maximum Gasteiger partial charge on any atom is 0.262 e. The quantitative estimate of drug-likeness (QED) is 0.806. The topological polar surface area (TPSA) is 72.2 Å². The zero-order chi connectivity index (χ0) is 15.8. The molecule has 0 fully saturated rings. The number of halogens is 3. The van der Waals surface area contributed by atoms with Gasteiger partial charge in [-0.2, -0.15) is 0 Å². The molecule has 0 bridgehead atoms. The van der Waals surface area contributed by atoms with Crippen LogP contribution in [0.1, 0.15) is 5.56 Å². The average Bonchev–Trinajstić information content (AvgIpc) is 2.38. The number of nitrogens with one attached hydrogen (secondary N) is 1. The van der Waals surface area contributed by atoms with Gasteiger partial charge in [0.1, 0.15) is 11.6 Å². The Morgan fingerprint density at radius 1 is 1.19 bits per heavy atom. The minimum atomic E-state index is -4.17. The van der Waals surface area contributed by atoms with E-state index in [9.17, 15) is 17.2 Å². The summed E-state index contributed by atoms with van der Waals surface area (Å²) in [4.78, 5) is -0.338. The van der Waals surface area contributed by atoms with Gasteiger partial charge >= 0.3 is 0 Å². The van der Waals surface area contributed by atoms with Gasteiger partial charge in [0, 0.05) is 15.7 Å². The molecule has 0 unspecified atom stereocenters. The van der Waals surface area contributed by atoms with Crippen LogP contribution in [0, 0.1) is 18.6 Å². The smallest absolute Gasteiger partial charge is 0.262 e. The van der Waals surface area contributed by atoms with Crippen LogP contribution in [-0.2, 0) is 10.0 Å². The summed E-state index contributed by atoms with van der Waals surface area (Å²) in [7, 11) is -4.17. The Morgan fingerprint density at radius 3 is 2.48 bits per heavy atom. The van der Waals surface area contributed by atoms with Crippen LogP contribution < -0.4 is 10.5 Å². The number of nitrogens with two attached hydrogens (primary N) is 1. The molecule has 0 atom stereocenters. The van der Waals surface area contributed by atoms with E-state index >= 15 is 0 Å². The van der Waals surface area contributed by atoms with Crippen molar-refractivity contribution >= 4 is 37.3 Å². The number of nitrogen functional groups attached to an aromatic ring is 1. The van der Waals surface area contributed by atoms with Gasteiger partial charge in [0.25, 0.3) is 10.0 Å². The highest BCUT2D eigenvalue weighted by Crippen LogP contribution is 2.29. The lowest BCUT2D eigenvalue weighted by Crippen LogP contribution is -2.16. The molecule has 112 valence electrons. The number of hydrogen-bond acceptors (Lipinski definition) is 3. The van der Waals surface area contributed by atoms with Crippen molar-refractivity contribution < 1.29 is 17.2 Å². The summed E-state index contributed by atoms with van der Waals surface area (Å²) < 4.78 is 54.3. The monoisotopic (exact) mass is 376 g/mol. The second kappa shape index (κ2) is 5.61. The zero-order valence-electron chi connectivity index (χ0n) is 10.8. The van der Waals surface area contributed by atoms with Gasteiger partial charge in [-0.05, 0) is 47.1 Å². The van der Waals surface area contributed by atoms with Crippen molar-refractivity contribution in [1.29, 1.82) is 0 Å². The third kappa shape index (κ3) is 3.16. The summed E-state index contributed by atoms with van der Waals surface area (Å²) in [6.45, 7) is 1.31. The van der Waals surface area contributed by atoms with Crippen molar-refractivity contribution in [3.63, 3.8) is 0 Å². The highest BCUT2D eigenvalue weighted by molar-refractivity contribution is 9.10.